The van der Waals surface area contributed by atoms with Crippen molar-refractivity contribution in [3.63, 3.8) is 0 Å². The second-order valence-corrected chi connectivity index (χ2v) is 7.57. The van der Waals surface area contributed by atoms with Crippen molar-refractivity contribution in [3.05, 3.63) is 41.7 Å². The van der Waals surface area contributed by atoms with Gasteiger partial charge < -0.3 is 24.8 Å². The molecule has 2 aliphatic heterocycles. The van der Waals surface area contributed by atoms with Gasteiger partial charge in [0, 0.05) is 0 Å². The second-order valence-electron chi connectivity index (χ2n) is 7.16. The monoisotopic (exact) mass is 412 g/mol. The van der Waals surface area contributed by atoms with Crippen molar-refractivity contribution < 1.29 is 14.2 Å². The van der Waals surface area contributed by atoms with Crippen molar-refractivity contribution in [1.82, 2.24) is 15.3 Å². The van der Waals surface area contributed by atoms with Crippen molar-refractivity contribution in [1.29, 1.82) is 0 Å². The molecule has 0 saturated carbocycles. The van der Waals surface area contributed by atoms with E-state index in [2.05, 4.69) is 20.6 Å². The molecule has 0 unspecified atom stereocenters. The number of nitrogens with one attached hydrogen (secondary N) is 2. The molecule has 0 atom stereocenters. The lowest BCUT2D eigenvalue weighted by Gasteiger charge is -2.23. The van der Waals surface area contributed by atoms with Crippen LogP contribution in [0.1, 0.15) is 12.8 Å². The number of rotatable bonds is 5. The third-order valence-corrected chi connectivity index (χ3v) is 5.60. The van der Waals surface area contributed by atoms with Crippen molar-refractivity contribution >= 4 is 34.0 Å². The van der Waals surface area contributed by atoms with Gasteiger partial charge in [0.15, 0.2) is 11.5 Å². The lowest BCUT2D eigenvalue weighted by molar-refractivity contribution is 0.174. The summed E-state index contributed by atoms with van der Waals surface area (Å²) >= 11 is 6.43. The van der Waals surface area contributed by atoms with E-state index in [0.717, 1.165) is 42.6 Å². The average molecular weight is 413 g/mol. The van der Waals surface area contributed by atoms with Gasteiger partial charge in [-0.25, -0.2) is 9.97 Å². The highest BCUT2D eigenvalue weighted by molar-refractivity contribution is 6.34. The second kappa shape index (κ2) is 7.93. The Hall–Kier alpha value is -2.77. The Morgan fingerprint density at radius 3 is 2.93 bits per heavy atom. The molecule has 1 fully saturated rings. The average Bonchev–Trinajstić information content (AvgIpc) is 3.24. The number of benzene rings is 2. The highest BCUT2D eigenvalue weighted by atomic mass is 35.5. The van der Waals surface area contributed by atoms with Crippen molar-refractivity contribution in [2.24, 2.45) is 5.92 Å². The van der Waals surface area contributed by atoms with Crippen LogP contribution in [0.2, 0.25) is 5.02 Å². The number of aromatic nitrogens is 2. The predicted octanol–water partition coefficient (Wildman–Crippen LogP) is 4.13. The summed E-state index contributed by atoms with van der Waals surface area (Å²) < 4.78 is 17.3. The Morgan fingerprint density at radius 2 is 2.03 bits per heavy atom. The molecule has 8 heteroatoms. The van der Waals surface area contributed by atoms with Gasteiger partial charge in [-0.2, -0.15) is 0 Å². The maximum Gasteiger partial charge on any atom is 0.231 e. The molecule has 3 heterocycles. The molecular weight excluding hydrogens is 392 g/mol. The summed E-state index contributed by atoms with van der Waals surface area (Å²) in [6.07, 6.45) is 3.76. The number of anilines is 2. The number of nitrogens with zero attached hydrogens (tertiary/aromatic N) is 2. The normalized spacial score (nSPS) is 16.2. The minimum Gasteiger partial charge on any atom is -0.492 e. The number of halogens is 1. The van der Waals surface area contributed by atoms with E-state index >= 15 is 0 Å². The standard InChI is InChI=1S/C21H21ClN4O3/c22-14-4-5-17-20(29-12-28-17)19(14)26-21-18-15(24-11-25-21)2-1-3-16(18)27-10-13-6-8-23-9-7-13/h1-5,11,13,23H,6-10,12H2,(H,24,25,26). The molecule has 2 aromatic carbocycles. The Bertz CT molecular complexity index is 1030. The number of hydrogen-bond donors (Lipinski definition) is 2. The molecule has 0 amide bonds. The summed E-state index contributed by atoms with van der Waals surface area (Å²) in [5, 5.41) is 8.04. The fourth-order valence-electron chi connectivity index (χ4n) is 3.73. The fraction of sp³-hybridized carbons (Fsp3) is 0.333. The number of piperidine rings is 1. The Labute approximate surface area is 173 Å². The fourth-order valence-corrected chi connectivity index (χ4v) is 3.93. The van der Waals surface area contributed by atoms with E-state index in [4.69, 9.17) is 25.8 Å². The first kappa shape index (κ1) is 18.3. The first-order valence-electron chi connectivity index (χ1n) is 9.72. The van der Waals surface area contributed by atoms with Crippen LogP contribution in [0.4, 0.5) is 11.5 Å². The first-order valence-corrected chi connectivity index (χ1v) is 10.1. The van der Waals surface area contributed by atoms with Crippen LogP contribution >= 0.6 is 11.6 Å². The summed E-state index contributed by atoms with van der Waals surface area (Å²) in [7, 11) is 0. The van der Waals surface area contributed by atoms with Crippen LogP contribution in [0.25, 0.3) is 10.9 Å². The molecule has 29 heavy (non-hydrogen) atoms. The summed E-state index contributed by atoms with van der Waals surface area (Å²) in [5.41, 5.74) is 1.42. The third kappa shape index (κ3) is 3.63. The van der Waals surface area contributed by atoms with Crippen LogP contribution in [-0.4, -0.2) is 36.5 Å². The van der Waals surface area contributed by atoms with Gasteiger partial charge >= 0.3 is 0 Å². The van der Waals surface area contributed by atoms with Gasteiger partial charge in [0.2, 0.25) is 6.79 Å². The van der Waals surface area contributed by atoms with Crippen LogP contribution in [0.3, 0.4) is 0 Å². The van der Waals surface area contributed by atoms with Gasteiger partial charge in [-0.1, -0.05) is 17.7 Å². The van der Waals surface area contributed by atoms with Gasteiger partial charge in [0.05, 0.1) is 22.5 Å². The first-order chi connectivity index (χ1) is 14.3. The lowest BCUT2D eigenvalue weighted by atomic mass is 9.99. The van der Waals surface area contributed by atoms with Crippen molar-refractivity contribution in [3.8, 4) is 17.2 Å². The van der Waals surface area contributed by atoms with E-state index in [9.17, 15) is 0 Å². The smallest absolute Gasteiger partial charge is 0.231 e. The quantitative estimate of drug-likeness (QED) is 0.652. The molecule has 2 aliphatic rings. The number of fused-ring (bicyclic) bond motifs is 2. The molecule has 1 saturated heterocycles. The van der Waals surface area contributed by atoms with E-state index < -0.39 is 0 Å². The molecule has 3 aromatic rings. The van der Waals surface area contributed by atoms with Gasteiger partial charge in [0.25, 0.3) is 0 Å². The van der Waals surface area contributed by atoms with Gasteiger partial charge in [-0.15, -0.1) is 0 Å². The summed E-state index contributed by atoms with van der Waals surface area (Å²) in [6.45, 7) is 2.92. The number of ether oxygens (including phenoxy) is 3. The maximum absolute atomic E-state index is 6.43. The lowest BCUT2D eigenvalue weighted by Crippen LogP contribution is -2.30. The Kier molecular flexibility index (Phi) is 4.99. The van der Waals surface area contributed by atoms with Gasteiger partial charge in [0.1, 0.15) is 23.6 Å². The third-order valence-electron chi connectivity index (χ3n) is 5.29. The Balaban J connectivity index is 1.49. The van der Waals surface area contributed by atoms with E-state index in [1.54, 1.807) is 12.1 Å². The highest BCUT2D eigenvalue weighted by Gasteiger charge is 2.22. The van der Waals surface area contributed by atoms with Crippen LogP contribution in [0, 0.1) is 5.92 Å². The highest BCUT2D eigenvalue weighted by Crippen LogP contribution is 2.45. The molecule has 0 radical (unpaired) electrons. The largest absolute Gasteiger partial charge is 0.492 e. The molecule has 5 rings (SSSR count). The van der Waals surface area contributed by atoms with E-state index in [1.807, 2.05) is 18.2 Å². The minimum absolute atomic E-state index is 0.166. The summed E-state index contributed by atoms with van der Waals surface area (Å²) in [4.78, 5) is 8.86. The molecule has 0 spiro atoms. The Morgan fingerprint density at radius 1 is 1.14 bits per heavy atom. The summed E-state index contributed by atoms with van der Waals surface area (Å²) in [6, 6.07) is 9.41. The topological polar surface area (TPSA) is 77.5 Å². The van der Waals surface area contributed by atoms with E-state index in [1.165, 1.54) is 6.33 Å². The van der Waals surface area contributed by atoms with E-state index in [0.29, 0.717) is 40.6 Å². The maximum atomic E-state index is 6.43. The zero-order valence-electron chi connectivity index (χ0n) is 15.8. The van der Waals surface area contributed by atoms with Crippen LogP contribution in [0.5, 0.6) is 17.2 Å². The predicted molar refractivity (Wildman–Crippen MR) is 111 cm³/mol. The molecule has 150 valence electrons. The summed E-state index contributed by atoms with van der Waals surface area (Å²) in [5.74, 6) is 3.15. The van der Waals surface area contributed by atoms with Crippen LogP contribution < -0.4 is 24.8 Å². The SMILES string of the molecule is Clc1ccc2c(c1Nc1ncnc3cccc(OCC4CCNCC4)c13)OCO2. The molecule has 2 N–H and O–H groups in total. The van der Waals surface area contributed by atoms with E-state index in [-0.39, 0.29) is 6.79 Å². The molecule has 0 aliphatic carbocycles. The zero-order valence-corrected chi connectivity index (χ0v) is 16.5. The van der Waals surface area contributed by atoms with Gasteiger partial charge in [-0.05, 0) is 56.1 Å². The molecule has 1 aromatic heterocycles. The molecular formula is C21H21ClN4O3. The van der Waals surface area contributed by atoms with Crippen molar-refractivity contribution in [2.75, 3.05) is 31.8 Å². The molecule has 0 bridgehead atoms. The van der Waals surface area contributed by atoms with Gasteiger partial charge in [-0.3, -0.25) is 0 Å². The molecule has 7 nitrogen and oxygen atoms in total. The van der Waals surface area contributed by atoms with Crippen LogP contribution in [-0.2, 0) is 0 Å². The zero-order chi connectivity index (χ0) is 19.6. The van der Waals surface area contributed by atoms with Crippen LogP contribution in [0.15, 0.2) is 36.7 Å². The number of hydrogen-bond acceptors (Lipinski definition) is 7. The van der Waals surface area contributed by atoms with Crippen molar-refractivity contribution in [2.45, 2.75) is 12.8 Å². The minimum atomic E-state index is 0.166.